The van der Waals surface area contributed by atoms with Gasteiger partial charge in [0.2, 0.25) is 10.0 Å². The Morgan fingerprint density at radius 2 is 1.60 bits per heavy atom. The van der Waals surface area contributed by atoms with Gasteiger partial charge in [-0.1, -0.05) is 0 Å². The van der Waals surface area contributed by atoms with Gasteiger partial charge < -0.3 is 15.2 Å². The Kier molecular flexibility index (Phi) is 4.52. The maximum absolute atomic E-state index is 12.6. The molecule has 0 amide bonds. The van der Waals surface area contributed by atoms with Crippen LogP contribution < -0.4 is 15.2 Å². The summed E-state index contributed by atoms with van der Waals surface area (Å²) in [6.45, 7) is 0.895. The van der Waals surface area contributed by atoms with E-state index in [2.05, 4.69) is 0 Å². The van der Waals surface area contributed by atoms with E-state index in [1.165, 1.54) is 30.7 Å². The van der Waals surface area contributed by atoms with E-state index in [0.29, 0.717) is 37.4 Å². The fourth-order valence-corrected chi connectivity index (χ4v) is 3.72. The van der Waals surface area contributed by atoms with Crippen LogP contribution in [0.3, 0.4) is 0 Å². The Morgan fingerprint density at radius 1 is 1.10 bits per heavy atom. The number of ether oxygens (including phenoxy) is 2. The summed E-state index contributed by atoms with van der Waals surface area (Å²) in [4.78, 5) is 0.184. The first kappa shape index (κ1) is 15.1. The molecular formula is C13H20N2O4S. The van der Waals surface area contributed by atoms with Crippen molar-refractivity contribution in [1.82, 2.24) is 4.31 Å². The second-order valence-electron chi connectivity index (χ2n) is 4.79. The molecule has 1 aliphatic heterocycles. The van der Waals surface area contributed by atoms with Gasteiger partial charge in [0.1, 0.15) is 11.5 Å². The summed E-state index contributed by atoms with van der Waals surface area (Å²) in [5, 5.41) is 0. The zero-order chi connectivity index (χ0) is 14.8. The van der Waals surface area contributed by atoms with Crippen molar-refractivity contribution in [3.05, 3.63) is 18.2 Å². The zero-order valence-electron chi connectivity index (χ0n) is 11.7. The molecule has 0 saturated carbocycles. The van der Waals surface area contributed by atoms with Crippen LogP contribution in [0.4, 0.5) is 0 Å². The summed E-state index contributed by atoms with van der Waals surface area (Å²) in [7, 11) is -0.551. The Morgan fingerprint density at radius 3 is 2.05 bits per heavy atom. The smallest absolute Gasteiger partial charge is 0.243 e. The monoisotopic (exact) mass is 300 g/mol. The number of rotatable bonds is 4. The number of benzene rings is 1. The maximum Gasteiger partial charge on any atom is 0.243 e. The summed E-state index contributed by atoms with van der Waals surface area (Å²) < 4.78 is 36.9. The van der Waals surface area contributed by atoms with Gasteiger partial charge >= 0.3 is 0 Å². The van der Waals surface area contributed by atoms with E-state index in [1.807, 2.05) is 0 Å². The van der Waals surface area contributed by atoms with Crippen LogP contribution in [-0.2, 0) is 10.0 Å². The lowest BCUT2D eigenvalue weighted by molar-refractivity contribution is 0.319. The number of nitrogens with zero attached hydrogens (tertiary/aromatic N) is 1. The lowest BCUT2D eigenvalue weighted by Crippen LogP contribution is -2.42. The van der Waals surface area contributed by atoms with Crippen LogP contribution in [0.15, 0.2) is 23.1 Å². The molecule has 0 atom stereocenters. The van der Waals surface area contributed by atoms with Crippen LogP contribution in [0.2, 0.25) is 0 Å². The Balaban J connectivity index is 2.33. The molecule has 1 heterocycles. The van der Waals surface area contributed by atoms with Crippen LogP contribution in [0.5, 0.6) is 11.5 Å². The van der Waals surface area contributed by atoms with Crippen LogP contribution in [0.25, 0.3) is 0 Å². The molecule has 112 valence electrons. The third-order valence-corrected chi connectivity index (χ3v) is 5.34. The summed E-state index contributed by atoms with van der Waals surface area (Å²) in [5.74, 6) is 0.910. The summed E-state index contributed by atoms with van der Waals surface area (Å²) in [6.07, 6.45) is 1.36. The van der Waals surface area contributed by atoms with Gasteiger partial charge in [-0.15, -0.1) is 0 Å². The predicted octanol–water partition coefficient (Wildman–Crippen LogP) is 0.816. The van der Waals surface area contributed by atoms with Crippen LogP contribution in [0, 0.1) is 0 Å². The first-order valence-electron chi connectivity index (χ1n) is 6.46. The number of hydrogen-bond donors (Lipinski definition) is 1. The second-order valence-corrected chi connectivity index (χ2v) is 6.73. The van der Waals surface area contributed by atoms with Crippen molar-refractivity contribution in [2.75, 3.05) is 27.3 Å². The molecule has 1 saturated heterocycles. The minimum atomic E-state index is -3.53. The highest BCUT2D eigenvalue weighted by Gasteiger charge is 2.29. The van der Waals surface area contributed by atoms with E-state index in [9.17, 15) is 8.42 Å². The molecule has 2 rings (SSSR count). The summed E-state index contributed by atoms with van der Waals surface area (Å²) in [6, 6.07) is 4.74. The molecule has 1 fully saturated rings. The number of sulfonamides is 1. The van der Waals surface area contributed by atoms with Crippen molar-refractivity contribution in [1.29, 1.82) is 0 Å². The molecule has 0 spiro atoms. The number of hydrogen-bond acceptors (Lipinski definition) is 5. The van der Waals surface area contributed by atoms with Crippen molar-refractivity contribution in [2.45, 2.75) is 23.8 Å². The lowest BCUT2D eigenvalue weighted by atomic mass is 10.1. The predicted molar refractivity (Wildman–Crippen MR) is 75.5 cm³/mol. The summed E-state index contributed by atoms with van der Waals surface area (Å²) in [5.41, 5.74) is 5.81. The molecule has 0 bridgehead atoms. The zero-order valence-corrected chi connectivity index (χ0v) is 12.5. The van der Waals surface area contributed by atoms with E-state index >= 15 is 0 Å². The van der Waals surface area contributed by atoms with Gasteiger partial charge in [0.15, 0.2) is 0 Å². The Labute approximate surface area is 119 Å². The largest absolute Gasteiger partial charge is 0.497 e. The highest BCUT2D eigenvalue weighted by atomic mass is 32.2. The first-order valence-corrected chi connectivity index (χ1v) is 7.90. The Hall–Kier alpha value is -1.31. The first-order chi connectivity index (χ1) is 9.47. The van der Waals surface area contributed by atoms with Crippen molar-refractivity contribution >= 4 is 10.0 Å². The van der Waals surface area contributed by atoms with Crippen LogP contribution >= 0.6 is 0 Å². The molecule has 1 aliphatic rings. The fraction of sp³-hybridized carbons (Fsp3) is 0.538. The van der Waals surface area contributed by atoms with E-state index in [4.69, 9.17) is 15.2 Å². The third kappa shape index (κ3) is 3.05. The second kappa shape index (κ2) is 5.99. The SMILES string of the molecule is COc1cc(OC)cc(S(=O)(=O)N2CCC(N)CC2)c1. The quantitative estimate of drug-likeness (QED) is 0.890. The molecule has 7 heteroatoms. The fourth-order valence-electron chi connectivity index (χ4n) is 2.20. The molecular weight excluding hydrogens is 280 g/mol. The number of piperidine rings is 1. The van der Waals surface area contributed by atoms with Gasteiger partial charge in [-0.2, -0.15) is 4.31 Å². The number of methoxy groups -OCH3 is 2. The van der Waals surface area contributed by atoms with E-state index < -0.39 is 10.0 Å². The number of nitrogens with two attached hydrogens (primary N) is 1. The van der Waals surface area contributed by atoms with Crippen molar-refractivity contribution in [3.63, 3.8) is 0 Å². The normalized spacial score (nSPS) is 17.9. The molecule has 6 nitrogen and oxygen atoms in total. The Bertz CT molecular complexity index is 543. The minimum Gasteiger partial charge on any atom is -0.497 e. The average Bonchev–Trinajstić information content (AvgIpc) is 2.47. The topological polar surface area (TPSA) is 81.9 Å². The minimum absolute atomic E-state index is 0.0845. The average molecular weight is 300 g/mol. The summed E-state index contributed by atoms with van der Waals surface area (Å²) >= 11 is 0. The molecule has 0 aliphatic carbocycles. The van der Waals surface area contributed by atoms with Crippen LogP contribution in [-0.4, -0.2) is 46.1 Å². The van der Waals surface area contributed by atoms with Gasteiger partial charge in [0.25, 0.3) is 0 Å². The molecule has 2 N–H and O–H groups in total. The van der Waals surface area contributed by atoms with Crippen molar-refractivity contribution in [2.24, 2.45) is 5.73 Å². The van der Waals surface area contributed by atoms with Crippen molar-refractivity contribution in [3.8, 4) is 11.5 Å². The molecule has 0 radical (unpaired) electrons. The molecule has 0 aromatic heterocycles. The van der Waals surface area contributed by atoms with E-state index in [0.717, 1.165) is 0 Å². The van der Waals surface area contributed by atoms with Gasteiger partial charge in [-0.3, -0.25) is 0 Å². The van der Waals surface area contributed by atoms with Gasteiger partial charge in [0, 0.05) is 37.3 Å². The van der Waals surface area contributed by atoms with Crippen LogP contribution in [0.1, 0.15) is 12.8 Å². The highest BCUT2D eigenvalue weighted by molar-refractivity contribution is 7.89. The van der Waals surface area contributed by atoms with Gasteiger partial charge in [-0.05, 0) is 12.8 Å². The third-order valence-electron chi connectivity index (χ3n) is 3.46. The molecule has 1 aromatic carbocycles. The maximum atomic E-state index is 12.6. The molecule has 20 heavy (non-hydrogen) atoms. The van der Waals surface area contributed by atoms with E-state index in [-0.39, 0.29) is 10.9 Å². The van der Waals surface area contributed by atoms with Gasteiger partial charge in [0.05, 0.1) is 19.1 Å². The van der Waals surface area contributed by atoms with E-state index in [1.54, 1.807) is 6.07 Å². The molecule has 0 unspecified atom stereocenters. The highest BCUT2D eigenvalue weighted by Crippen LogP contribution is 2.28. The molecule has 1 aromatic rings. The van der Waals surface area contributed by atoms with Gasteiger partial charge in [-0.25, -0.2) is 8.42 Å². The standard InChI is InChI=1S/C13H20N2O4S/c1-18-11-7-12(19-2)9-13(8-11)20(16,17)15-5-3-10(14)4-6-15/h7-10H,3-6,14H2,1-2H3. The van der Waals surface area contributed by atoms with Crippen molar-refractivity contribution < 1.29 is 17.9 Å². The lowest BCUT2D eigenvalue weighted by Gasteiger charge is -2.29.